The molecule has 0 spiro atoms. The highest BCUT2D eigenvalue weighted by atomic mass is 16.7. The van der Waals surface area contributed by atoms with Crippen molar-refractivity contribution in [2.24, 2.45) is 5.92 Å². The molecule has 1 aliphatic rings. The summed E-state index contributed by atoms with van der Waals surface area (Å²) >= 11 is 0. The quantitative estimate of drug-likeness (QED) is 0.747. The fraction of sp³-hybridized carbons (Fsp3) is 0.421. The standard InChI is InChI=1S/C19H22N2O5/c1-2-5-14-13-6-3-4-7-15(13)21(26-11-12-8-9-12)19(25)17(14)18(24)20-10-16(22)23/h3-4,6-7,12H,2,5,8-11H2,1H3,(H,20,24)(H,22,23). The van der Waals surface area contributed by atoms with E-state index in [0.717, 1.165) is 24.6 Å². The van der Waals surface area contributed by atoms with Gasteiger partial charge in [0.1, 0.15) is 18.7 Å². The van der Waals surface area contributed by atoms with Crippen LogP contribution in [0.5, 0.6) is 0 Å². The second kappa shape index (κ2) is 7.59. The summed E-state index contributed by atoms with van der Waals surface area (Å²) in [4.78, 5) is 42.1. The second-order valence-electron chi connectivity index (χ2n) is 6.54. The molecule has 1 fully saturated rings. The Morgan fingerprint density at radius 1 is 1.31 bits per heavy atom. The zero-order valence-electron chi connectivity index (χ0n) is 14.7. The molecule has 1 amide bonds. The third-order valence-corrected chi connectivity index (χ3v) is 4.41. The largest absolute Gasteiger partial charge is 0.480 e. The molecule has 0 aliphatic heterocycles. The third kappa shape index (κ3) is 3.71. The van der Waals surface area contributed by atoms with E-state index in [1.165, 1.54) is 4.73 Å². The number of carboxylic acids is 1. The summed E-state index contributed by atoms with van der Waals surface area (Å²) < 4.78 is 1.18. The number of rotatable bonds is 8. The molecule has 138 valence electrons. The van der Waals surface area contributed by atoms with Gasteiger partial charge in [0.05, 0.1) is 5.52 Å². The van der Waals surface area contributed by atoms with Crippen LogP contribution < -0.4 is 15.7 Å². The Bertz CT molecular complexity index is 899. The lowest BCUT2D eigenvalue weighted by Crippen LogP contribution is -2.39. The number of nitrogens with one attached hydrogen (secondary N) is 1. The van der Waals surface area contributed by atoms with E-state index in [1.54, 1.807) is 6.07 Å². The van der Waals surface area contributed by atoms with E-state index in [9.17, 15) is 14.4 Å². The maximum absolute atomic E-state index is 13.0. The monoisotopic (exact) mass is 358 g/mol. The first-order valence-corrected chi connectivity index (χ1v) is 8.82. The number of fused-ring (bicyclic) bond motifs is 1. The van der Waals surface area contributed by atoms with Crippen molar-refractivity contribution in [1.82, 2.24) is 10.0 Å². The first kappa shape index (κ1) is 18.0. The number of carboxylic acid groups (broad SMARTS) is 1. The highest BCUT2D eigenvalue weighted by Crippen LogP contribution is 2.28. The van der Waals surface area contributed by atoms with Gasteiger partial charge in [-0.2, -0.15) is 0 Å². The molecule has 0 saturated heterocycles. The Kier molecular flexibility index (Phi) is 5.25. The first-order valence-electron chi connectivity index (χ1n) is 8.82. The van der Waals surface area contributed by atoms with Crippen LogP contribution in [0, 0.1) is 5.92 Å². The van der Waals surface area contributed by atoms with Gasteiger partial charge in [-0.3, -0.25) is 14.4 Å². The fourth-order valence-electron chi connectivity index (χ4n) is 2.96. The number of nitrogens with zero attached hydrogens (tertiary/aromatic N) is 1. The average molecular weight is 358 g/mol. The van der Waals surface area contributed by atoms with E-state index < -0.39 is 24.0 Å². The Morgan fingerprint density at radius 2 is 2.04 bits per heavy atom. The molecule has 0 unspecified atom stereocenters. The van der Waals surface area contributed by atoms with Gasteiger partial charge in [-0.15, -0.1) is 4.73 Å². The topological polar surface area (TPSA) is 97.6 Å². The minimum atomic E-state index is -1.17. The number of hydrogen-bond acceptors (Lipinski definition) is 4. The van der Waals surface area contributed by atoms with E-state index in [-0.39, 0.29) is 5.56 Å². The van der Waals surface area contributed by atoms with Crippen molar-refractivity contribution in [1.29, 1.82) is 0 Å². The number of aromatic nitrogens is 1. The average Bonchev–Trinajstić information content (AvgIpc) is 3.44. The minimum absolute atomic E-state index is 0.0393. The lowest BCUT2D eigenvalue weighted by Gasteiger charge is -2.17. The van der Waals surface area contributed by atoms with Gasteiger partial charge in [-0.05, 0) is 36.8 Å². The maximum atomic E-state index is 13.0. The lowest BCUT2D eigenvalue weighted by molar-refractivity contribution is -0.135. The normalized spacial score (nSPS) is 13.6. The molecular weight excluding hydrogens is 336 g/mol. The number of aryl methyl sites for hydroxylation is 1. The molecule has 3 rings (SSSR count). The Hall–Kier alpha value is -2.83. The van der Waals surface area contributed by atoms with Gasteiger partial charge >= 0.3 is 5.97 Å². The number of pyridine rings is 1. The van der Waals surface area contributed by atoms with Gasteiger partial charge in [0.15, 0.2) is 0 Å². The van der Waals surface area contributed by atoms with E-state index in [2.05, 4.69) is 5.32 Å². The van der Waals surface area contributed by atoms with Crippen LogP contribution in [0.4, 0.5) is 0 Å². The van der Waals surface area contributed by atoms with Crippen LogP contribution in [0.2, 0.25) is 0 Å². The highest BCUT2D eigenvalue weighted by Gasteiger charge is 2.26. The van der Waals surface area contributed by atoms with Crippen LogP contribution >= 0.6 is 0 Å². The number of amides is 1. The molecule has 1 aliphatic carbocycles. The molecule has 1 aromatic carbocycles. The van der Waals surface area contributed by atoms with Crippen LogP contribution in [-0.2, 0) is 11.2 Å². The molecule has 2 aromatic rings. The number of carbonyl (C=O) groups excluding carboxylic acids is 1. The Balaban J connectivity index is 2.14. The molecule has 1 aromatic heterocycles. The van der Waals surface area contributed by atoms with Crippen LogP contribution in [-0.4, -0.2) is 34.9 Å². The van der Waals surface area contributed by atoms with Gasteiger partial charge < -0.3 is 15.3 Å². The summed E-state index contributed by atoms with van der Waals surface area (Å²) in [5, 5.41) is 11.9. The summed E-state index contributed by atoms with van der Waals surface area (Å²) in [6.45, 7) is 1.84. The number of aliphatic carboxylic acids is 1. The molecule has 0 radical (unpaired) electrons. The SMILES string of the molecule is CCCc1c(C(=O)NCC(=O)O)c(=O)n(OCC2CC2)c2ccccc12. The minimum Gasteiger partial charge on any atom is -0.480 e. The van der Waals surface area contributed by atoms with Gasteiger partial charge in [0, 0.05) is 5.39 Å². The lowest BCUT2D eigenvalue weighted by atomic mass is 9.98. The zero-order valence-corrected chi connectivity index (χ0v) is 14.7. The van der Waals surface area contributed by atoms with Gasteiger partial charge in [-0.25, -0.2) is 0 Å². The summed E-state index contributed by atoms with van der Waals surface area (Å²) in [6.07, 6.45) is 3.43. The molecule has 2 N–H and O–H groups in total. The van der Waals surface area contributed by atoms with E-state index in [0.29, 0.717) is 30.0 Å². The van der Waals surface area contributed by atoms with Crippen LogP contribution in [0.1, 0.15) is 42.1 Å². The number of carbonyl (C=O) groups is 2. The number of hydrogen-bond donors (Lipinski definition) is 2. The van der Waals surface area contributed by atoms with Gasteiger partial charge in [0.2, 0.25) is 0 Å². The highest BCUT2D eigenvalue weighted by molar-refractivity contribution is 6.01. The summed E-state index contributed by atoms with van der Waals surface area (Å²) in [6, 6.07) is 7.31. The van der Waals surface area contributed by atoms with Crippen molar-refractivity contribution < 1.29 is 19.5 Å². The van der Waals surface area contributed by atoms with Crippen molar-refractivity contribution in [2.45, 2.75) is 32.6 Å². The molecule has 0 atom stereocenters. The predicted octanol–water partition coefficient (Wildman–Crippen LogP) is 1.61. The predicted molar refractivity (Wildman–Crippen MR) is 96.3 cm³/mol. The smallest absolute Gasteiger partial charge is 0.322 e. The van der Waals surface area contributed by atoms with Crippen molar-refractivity contribution in [2.75, 3.05) is 13.2 Å². The molecule has 1 heterocycles. The zero-order chi connectivity index (χ0) is 18.7. The molecule has 26 heavy (non-hydrogen) atoms. The van der Waals surface area contributed by atoms with E-state index >= 15 is 0 Å². The molecule has 7 heteroatoms. The molecule has 1 saturated carbocycles. The van der Waals surface area contributed by atoms with E-state index in [1.807, 2.05) is 25.1 Å². The summed E-state index contributed by atoms with van der Waals surface area (Å²) in [5.41, 5.74) is 0.664. The van der Waals surface area contributed by atoms with Crippen molar-refractivity contribution in [3.63, 3.8) is 0 Å². The maximum Gasteiger partial charge on any atom is 0.322 e. The van der Waals surface area contributed by atoms with Crippen LogP contribution in [0.15, 0.2) is 29.1 Å². The van der Waals surface area contributed by atoms with E-state index in [4.69, 9.17) is 9.94 Å². The van der Waals surface area contributed by atoms with Crippen LogP contribution in [0.25, 0.3) is 10.9 Å². The Morgan fingerprint density at radius 3 is 2.69 bits per heavy atom. The van der Waals surface area contributed by atoms with Crippen molar-refractivity contribution in [3.05, 3.63) is 45.7 Å². The third-order valence-electron chi connectivity index (χ3n) is 4.41. The number of benzene rings is 1. The fourth-order valence-corrected chi connectivity index (χ4v) is 2.96. The Labute approximate surface area is 150 Å². The van der Waals surface area contributed by atoms with Crippen molar-refractivity contribution >= 4 is 22.8 Å². The van der Waals surface area contributed by atoms with Crippen molar-refractivity contribution in [3.8, 4) is 0 Å². The number of para-hydroxylation sites is 1. The first-order chi connectivity index (χ1) is 12.5. The molecule has 0 bridgehead atoms. The van der Waals surface area contributed by atoms with Gasteiger partial charge in [0.25, 0.3) is 11.5 Å². The second-order valence-corrected chi connectivity index (χ2v) is 6.54. The molecule has 7 nitrogen and oxygen atoms in total. The van der Waals surface area contributed by atoms with Gasteiger partial charge in [-0.1, -0.05) is 31.5 Å². The molecular formula is C19H22N2O5. The summed E-state index contributed by atoms with van der Waals surface area (Å²) in [7, 11) is 0. The van der Waals surface area contributed by atoms with Crippen LogP contribution in [0.3, 0.4) is 0 Å². The summed E-state index contributed by atoms with van der Waals surface area (Å²) in [5.74, 6) is -1.41.